The number of carbonyl (C=O) groups excluding carboxylic acids is 2. The summed E-state index contributed by atoms with van der Waals surface area (Å²) in [7, 11) is 0. The van der Waals surface area contributed by atoms with Crippen molar-refractivity contribution in [1.29, 1.82) is 0 Å². The first-order valence-corrected chi connectivity index (χ1v) is 11.3. The number of amides is 2. The molecule has 1 unspecified atom stereocenters. The van der Waals surface area contributed by atoms with Crippen LogP contribution in [0.2, 0.25) is 0 Å². The molecule has 0 saturated heterocycles. The number of hydrogen-bond donors (Lipinski definition) is 3. The van der Waals surface area contributed by atoms with E-state index in [0.29, 0.717) is 18.8 Å². The van der Waals surface area contributed by atoms with Crippen molar-refractivity contribution in [2.75, 3.05) is 5.73 Å². The number of aromatic nitrogens is 1. The highest BCUT2D eigenvalue weighted by molar-refractivity contribution is 5.90. The summed E-state index contributed by atoms with van der Waals surface area (Å²) >= 11 is 0. The largest absolute Gasteiger partial charge is 0.384 e. The molecule has 0 aliphatic rings. The predicted molar refractivity (Wildman–Crippen MR) is 135 cm³/mol. The van der Waals surface area contributed by atoms with Gasteiger partial charge < -0.3 is 16.4 Å². The number of anilines is 1. The van der Waals surface area contributed by atoms with Gasteiger partial charge in [-0.2, -0.15) is 0 Å². The standard InChI is InChI=1S/C28H28N4O2/c1-19-7-2-3-9-22(19)16-27(33)32-25(28(34)31-18-20-13-14-26(29)30-17-20)15-23-11-6-10-21-8-4-5-12-24(21)23/h2-14,17,25H,15-16,18H2,1H3,(H2,29,30)(H,31,34)(H,32,33). The van der Waals surface area contributed by atoms with E-state index in [2.05, 4.69) is 15.6 Å². The Kier molecular flexibility index (Phi) is 7.18. The number of pyridine rings is 1. The van der Waals surface area contributed by atoms with Gasteiger partial charge in [0.15, 0.2) is 0 Å². The van der Waals surface area contributed by atoms with Crippen molar-refractivity contribution in [3.63, 3.8) is 0 Å². The molecule has 4 aromatic rings. The van der Waals surface area contributed by atoms with Crippen LogP contribution in [0.15, 0.2) is 85.1 Å². The first-order valence-electron chi connectivity index (χ1n) is 11.3. The van der Waals surface area contributed by atoms with E-state index in [-0.39, 0.29) is 18.2 Å². The molecule has 0 aliphatic heterocycles. The van der Waals surface area contributed by atoms with Crippen molar-refractivity contribution < 1.29 is 9.59 Å². The minimum Gasteiger partial charge on any atom is -0.384 e. The molecule has 4 N–H and O–H groups in total. The summed E-state index contributed by atoms with van der Waals surface area (Å²) in [6.07, 6.45) is 2.23. The van der Waals surface area contributed by atoms with Gasteiger partial charge in [-0.05, 0) is 46.0 Å². The van der Waals surface area contributed by atoms with E-state index in [0.717, 1.165) is 33.0 Å². The van der Waals surface area contributed by atoms with Crippen LogP contribution in [0, 0.1) is 6.92 Å². The van der Waals surface area contributed by atoms with Gasteiger partial charge in [0, 0.05) is 19.2 Å². The summed E-state index contributed by atoms with van der Waals surface area (Å²) in [5, 5.41) is 8.06. The lowest BCUT2D eigenvalue weighted by molar-refractivity contribution is -0.128. The van der Waals surface area contributed by atoms with Crippen LogP contribution in [0.25, 0.3) is 10.8 Å². The number of nitrogens with two attached hydrogens (primary N) is 1. The second-order valence-electron chi connectivity index (χ2n) is 8.37. The molecule has 0 radical (unpaired) electrons. The molecule has 34 heavy (non-hydrogen) atoms. The second kappa shape index (κ2) is 10.6. The molecule has 6 heteroatoms. The lowest BCUT2D eigenvalue weighted by Gasteiger charge is -2.20. The van der Waals surface area contributed by atoms with Crippen LogP contribution >= 0.6 is 0 Å². The SMILES string of the molecule is Cc1ccccc1CC(=O)NC(Cc1cccc2ccccc12)C(=O)NCc1ccc(N)nc1. The third-order valence-electron chi connectivity index (χ3n) is 5.88. The first-order chi connectivity index (χ1) is 16.5. The molecular formula is C28H28N4O2. The van der Waals surface area contributed by atoms with E-state index in [4.69, 9.17) is 5.73 Å². The first kappa shape index (κ1) is 23.0. The Hall–Kier alpha value is -4.19. The minimum absolute atomic E-state index is 0.191. The zero-order chi connectivity index (χ0) is 23.9. The zero-order valence-corrected chi connectivity index (χ0v) is 19.1. The summed E-state index contributed by atoms with van der Waals surface area (Å²) in [4.78, 5) is 30.2. The van der Waals surface area contributed by atoms with Gasteiger partial charge in [0.25, 0.3) is 0 Å². The number of nitrogen functional groups attached to an aromatic ring is 1. The molecule has 3 aromatic carbocycles. The molecule has 0 aliphatic carbocycles. The molecular weight excluding hydrogens is 424 g/mol. The maximum absolute atomic E-state index is 13.2. The maximum atomic E-state index is 13.2. The molecule has 6 nitrogen and oxygen atoms in total. The lowest BCUT2D eigenvalue weighted by atomic mass is 9.98. The van der Waals surface area contributed by atoms with E-state index in [1.807, 2.05) is 79.7 Å². The number of benzene rings is 3. The fourth-order valence-corrected chi connectivity index (χ4v) is 3.98. The molecule has 1 aromatic heterocycles. The van der Waals surface area contributed by atoms with Crippen LogP contribution in [0.5, 0.6) is 0 Å². The monoisotopic (exact) mass is 452 g/mol. The van der Waals surface area contributed by atoms with E-state index in [9.17, 15) is 9.59 Å². The molecule has 1 atom stereocenters. The number of fused-ring (bicyclic) bond motifs is 1. The average Bonchev–Trinajstić information content (AvgIpc) is 2.85. The van der Waals surface area contributed by atoms with Crippen LogP contribution in [0.3, 0.4) is 0 Å². The van der Waals surface area contributed by atoms with Crippen LogP contribution in [-0.2, 0) is 29.0 Å². The summed E-state index contributed by atoms with van der Waals surface area (Å²) in [5.74, 6) is -0.0147. The van der Waals surface area contributed by atoms with E-state index >= 15 is 0 Å². The van der Waals surface area contributed by atoms with Gasteiger partial charge in [0.2, 0.25) is 11.8 Å². The van der Waals surface area contributed by atoms with Crippen LogP contribution < -0.4 is 16.4 Å². The normalized spacial score (nSPS) is 11.7. The number of hydrogen-bond acceptors (Lipinski definition) is 4. The third-order valence-corrected chi connectivity index (χ3v) is 5.88. The Morgan fingerprint density at radius 2 is 1.65 bits per heavy atom. The molecule has 0 saturated carbocycles. The Morgan fingerprint density at radius 1 is 0.912 bits per heavy atom. The number of aryl methyl sites for hydroxylation is 1. The average molecular weight is 453 g/mol. The highest BCUT2D eigenvalue weighted by atomic mass is 16.2. The van der Waals surface area contributed by atoms with Crippen molar-refractivity contribution in [1.82, 2.24) is 15.6 Å². The topological polar surface area (TPSA) is 97.1 Å². The Labute approximate surface area is 199 Å². The summed E-state index contributed by atoms with van der Waals surface area (Å²) in [6, 6.07) is 24.6. The third kappa shape index (κ3) is 5.78. The van der Waals surface area contributed by atoms with Gasteiger partial charge in [-0.15, -0.1) is 0 Å². The van der Waals surface area contributed by atoms with E-state index < -0.39 is 6.04 Å². The fourth-order valence-electron chi connectivity index (χ4n) is 3.98. The molecule has 0 spiro atoms. The minimum atomic E-state index is -0.718. The molecule has 2 amide bonds. The van der Waals surface area contributed by atoms with E-state index in [1.54, 1.807) is 12.3 Å². The molecule has 4 rings (SSSR count). The van der Waals surface area contributed by atoms with Crippen LogP contribution in [0.4, 0.5) is 5.82 Å². The Morgan fingerprint density at radius 3 is 2.44 bits per heavy atom. The summed E-state index contributed by atoms with van der Waals surface area (Å²) in [6.45, 7) is 2.27. The summed E-state index contributed by atoms with van der Waals surface area (Å²) < 4.78 is 0. The van der Waals surface area contributed by atoms with Crippen molar-refractivity contribution in [3.8, 4) is 0 Å². The number of nitrogens with one attached hydrogen (secondary N) is 2. The van der Waals surface area contributed by atoms with Crippen molar-refractivity contribution in [3.05, 3.63) is 107 Å². The molecule has 1 heterocycles. The smallest absolute Gasteiger partial charge is 0.243 e. The van der Waals surface area contributed by atoms with Crippen molar-refractivity contribution >= 4 is 28.4 Å². The molecule has 0 bridgehead atoms. The molecule has 172 valence electrons. The lowest BCUT2D eigenvalue weighted by Crippen LogP contribution is -2.48. The van der Waals surface area contributed by atoms with Gasteiger partial charge >= 0.3 is 0 Å². The van der Waals surface area contributed by atoms with Crippen LogP contribution in [0.1, 0.15) is 22.3 Å². The van der Waals surface area contributed by atoms with Gasteiger partial charge in [-0.25, -0.2) is 4.98 Å². The molecule has 0 fully saturated rings. The quantitative estimate of drug-likeness (QED) is 0.380. The number of rotatable bonds is 8. The van der Waals surface area contributed by atoms with E-state index in [1.165, 1.54) is 0 Å². The Balaban J connectivity index is 1.53. The number of carbonyl (C=O) groups is 2. The maximum Gasteiger partial charge on any atom is 0.243 e. The van der Waals surface area contributed by atoms with Crippen LogP contribution in [-0.4, -0.2) is 22.8 Å². The van der Waals surface area contributed by atoms with Gasteiger partial charge in [-0.1, -0.05) is 72.8 Å². The zero-order valence-electron chi connectivity index (χ0n) is 19.1. The highest BCUT2D eigenvalue weighted by Crippen LogP contribution is 2.20. The highest BCUT2D eigenvalue weighted by Gasteiger charge is 2.22. The van der Waals surface area contributed by atoms with Gasteiger partial charge in [-0.3, -0.25) is 9.59 Å². The van der Waals surface area contributed by atoms with Gasteiger partial charge in [0.05, 0.1) is 6.42 Å². The van der Waals surface area contributed by atoms with Gasteiger partial charge in [0.1, 0.15) is 11.9 Å². The van der Waals surface area contributed by atoms with Crippen molar-refractivity contribution in [2.45, 2.75) is 32.4 Å². The predicted octanol–water partition coefficient (Wildman–Crippen LogP) is 3.71. The second-order valence-corrected chi connectivity index (χ2v) is 8.37. The van der Waals surface area contributed by atoms with Crippen molar-refractivity contribution in [2.24, 2.45) is 0 Å². The Bertz CT molecular complexity index is 1300. The number of nitrogens with zero attached hydrogens (tertiary/aromatic N) is 1. The summed E-state index contributed by atoms with van der Waals surface area (Å²) in [5.41, 5.74) is 9.47. The fraction of sp³-hybridized carbons (Fsp3) is 0.179.